The molecule has 86 valence electrons. The molecule has 1 unspecified atom stereocenters. The van der Waals surface area contributed by atoms with Crippen LogP contribution in [0.25, 0.3) is 0 Å². The lowest BCUT2D eigenvalue weighted by atomic mass is 10.1. The standard InChI is InChI=1S/C11H18BrNO2/c1-3-4-9(15-2)7-13-6-5-11(14)10(12)8-13/h8-9H,3-7H2,1-2H3. The van der Waals surface area contributed by atoms with E-state index >= 15 is 0 Å². The smallest absolute Gasteiger partial charge is 0.173 e. The van der Waals surface area contributed by atoms with E-state index in [1.54, 1.807) is 7.11 Å². The number of rotatable bonds is 5. The van der Waals surface area contributed by atoms with Gasteiger partial charge in [0.15, 0.2) is 5.78 Å². The van der Waals surface area contributed by atoms with Gasteiger partial charge in [-0.1, -0.05) is 13.3 Å². The fourth-order valence-corrected chi connectivity index (χ4v) is 2.16. The summed E-state index contributed by atoms with van der Waals surface area (Å²) in [6.45, 7) is 3.82. The summed E-state index contributed by atoms with van der Waals surface area (Å²) in [6, 6.07) is 0. The van der Waals surface area contributed by atoms with Gasteiger partial charge in [-0.15, -0.1) is 0 Å². The number of hydrogen-bond donors (Lipinski definition) is 0. The number of methoxy groups -OCH3 is 1. The fourth-order valence-electron chi connectivity index (χ4n) is 1.67. The SMILES string of the molecule is CCCC(CN1C=C(Br)C(=O)CC1)OC. The van der Waals surface area contributed by atoms with Gasteiger partial charge in [0.2, 0.25) is 0 Å². The summed E-state index contributed by atoms with van der Waals surface area (Å²) in [6.07, 6.45) is 4.93. The van der Waals surface area contributed by atoms with Crippen molar-refractivity contribution in [3.05, 3.63) is 10.7 Å². The van der Waals surface area contributed by atoms with Gasteiger partial charge < -0.3 is 9.64 Å². The van der Waals surface area contributed by atoms with Crippen molar-refractivity contribution >= 4 is 21.7 Å². The summed E-state index contributed by atoms with van der Waals surface area (Å²) in [4.78, 5) is 13.4. The molecule has 0 amide bonds. The molecule has 0 radical (unpaired) electrons. The second-order valence-corrected chi connectivity index (χ2v) is 4.65. The van der Waals surface area contributed by atoms with Crippen molar-refractivity contribution in [1.82, 2.24) is 4.90 Å². The molecule has 4 heteroatoms. The van der Waals surface area contributed by atoms with E-state index in [1.165, 1.54) is 0 Å². The van der Waals surface area contributed by atoms with E-state index in [0.717, 1.165) is 25.9 Å². The number of Topliss-reactive ketones (excluding diaryl/α,β-unsaturated/α-hetero) is 1. The van der Waals surface area contributed by atoms with E-state index < -0.39 is 0 Å². The predicted molar refractivity (Wildman–Crippen MR) is 63.9 cm³/mol. The zero-order chi connectivity index (χ0) is 11.3. The summed E-state index contributed by atoms with van der Waals surface area (Å²) in [5.41, 5.74) is 0. The quantitative estimate of drug-likeness (QED) is 0.771. The summed E-state index contributed by atoms with van der Waals surface area (Å²) in [7, 11) is 1.74. The Morgan fingerprint density at radius 2 is 2.40 bits per heavy atom. The van der Waals surface area contributed by atoms with Crippen molar-refractivity contribution in [2.45, 2.75) is 32.3 Å². The van der Waals surface area contributed by atoms with Crippen molar-refractivity contribution in [1.29, 1.82) is 0 Å². The molecule has 15 heavy (non-hydrogen) atoms. The predicted octanol–water partition coefficient (Wildman–Crippen LogP) is 2.31. The first kappa shape index (κ1) is 12.7. The summed E-state index contributed by atoms with van der Waals surface area (Å²) < 4.78 is 6.07. The molecule has 1 rings (SSSR count). The number of ether oxygens (including phenoxy) is 1. The van der Waals surface area contributed by atoms with Crippen LogP contribution in [0.3, 0.4) is 0 Å². The minimum absolute atomic E-state index is 0.190. The van der Waals surface area contributed by atoms with E-state index in [9.17, 15) is 4.79 Å². The Hall–Kier alpha value is -0.350. The molecular weight excluding hydrogens is 258 g/mol. The molecular formula is C11H18BrNO2. The van der Waals surface area contributed by atoms with Crippen LogP contribution in [-0.4, -0.2) is 37.0 Å². The van der Waals surface area contributed by atoms with Gasteiger partial charge in [-0.25, -0.2) is 0 Å². The van der Waals surface area contributed by atoms with E-state index in [4.69, 9.17) is 4.74 Å². The number of hydrogen-bond acceptors (Lipinski definition) is 3. The maximum Gasteiger partial charge on any atom is 0.173 e. The molecule has 0 saturated carbocycles. The highest BCUT2D eigenvalue weighted by Crippen LogP contribution is 2.17. The monoisotopic (exact) mass is 275 g/mol. The minimum Gasteiger partial charge on any atom is -0.380 e. The van der Waals surface area contributed by atoms with Gasteiger partial charge in [0.25, 0.3) is 0 Å². The molecule has 1 atom stereocenters. The highest BCUT2D eigenvalue weighted by Gasteiger charge is 2.18. The second kappa shape index (κ2) is 6.28. The maximum absolute atomic E-state index is 11.2. The summed E-state index contributed by atoms with van der Waals surface area (Å²) in [5, 5.41) is 0. The van der Waals surface area contributed by atoms with Crippen molar-refractivity contribution in [3.63, 3.8) is 0 Å². The molecule has 0 fully saturated rings. The van der Waals surface area contributed by atoms with Gasteiger partial charge in [-0.3, -0.25) is 4.79 Å². The molecule has 0 N–H and O–H groups in total. The molecule has 0 aromatic carbocycles. The van der Waals surface area contributed by atoms with Crippen LogP contribution >= 0.6 is 15.9 Å². The number of nitrogens with zero attached hydrogens (tertiary/aromatic N) is 1. The van der Waals surface area contributed by atoms with E-state index in [0.29, 0.717) is 10.9 Å². The molecule has 3 nitrogen and oxygen atoms in total. The summed E-state index contributed by atoms with van der Waals surface area (Å²) >= 11 is 3.27. The van der Waals surface area contributed by atoms with Gasteiger partial charge in [0.05, 0.1) is 10.6 Å². The number of allylic oxidation sites excluding steroid dienone is 1. The van der Waals surface area contributed by atoms with Crippen LogP contribution < -0.4 is 0 Å². The van der Waals surface area contributed by atoms with Crippen LogP contribution in [0.2, 0.25) is 0 Å². The fraction of sp³-hybridized carbons (Fsp3) is 0.727. The summed E-state index contributed by atoms with van der Waals surface area (Å²) in [5.74, 6) is 0.190. The van der Waals surface area contributed by atoms with Gasteiger partial charge in [0, 0.05) is 32.8 Å². The van der Waals surface area contributed by atoms with Crippen LogP contribution in [-0.2, 0) is 9.53 Å². The van der Waals surface area contributed by atoms with Crippen LogP contribution in [0.15, 0.2) is 10.7 Å². The lowest BCUT2D eigenvalue weighted by Crippen LogP contribution is -2.34. The van der Waals surface area contributed by atoms with Crippen LogP contribution in [0.1, 0.15) is 26.2 Å². The molecule has 0 saturated heterocycles. The van der Waals surface area contributed by atoms with Gasteiger partial charge in [-0.05, 0) is 22.4 Å². The first-order valence-corrected chi connectivity index (χ1v) is 6.14. The molecule has 0 spiro atoms. The third kappa shape index (κ3) is 3.95. The zero-order valence-corrected chi connectivity index (χ0v) is 10.9. The highest BCUT2D eigenvalue weighted by atomic mass is 79.9. The molecule has 0 aromatic heterocycles. The van der Waals surface area contributed by atoms with E-state index in [2.05, 4.69) is 27.8 Å². The Morgan fingerprint density at radius 1 is 1.67 bits per heavy atom. The number of ketones is 1. The first-order valence-electron chi connectivity index (χ1n) is 5.34. The minimum atomic E-state index is 0.190. The molecule has 1 heterocycles. The van der Waals surface area contributed by atoms with E-state index in [-0.39, 0.29) is 11.9 Å². The van der Waals surface area contributed by atoms with Crippen molar-refractivity contribution < 1.29 is 9.53 Å². The molecule has 0 aliphatic carbocycles. The van der Waals surface area contributed by atoms with Gasteiger partial charge in [0.1, 0.15) is 0 Å². The number of halogens is 1. The Morgan fingerprint density at radius 3 is 2.93 bits per heavy atom. The third-order valence-electron chi connectivity index (χ3n) is 2.57. The Balaban J connectivity index is 2.48. The third-order valence-corrected chi connectivity index (χ3v) is 3.22. The van der Waals surface area contributed by atoms with Gasteiger partial charge in [-0.2, -0.15) is 0 Å². The topological polar surface area (TPSA) is 29.5 Å². The number of carbonyl (C=O) groups is 1. The largest absolute Gasteiger partial charge is 0.380 e. The Kier molecular flexibility index (Phi) is 5.32. The first-order chi connectivity index (χ1) is 7.17. The average Bonchev–Trinajstić information content (AvgIpc) is 2.23. The lowest BCUT2D eigenvalue weighted by molar-refractivity contribution is -0.115. The molecule has 1 aliphatic rings. The average molecular weight is 276 g/mol. The lowest BCUT2D eigenvalue weighted by Gasteiger charge is -2.28. The van der Waals surface area contributed by atoms with Crippen LogP contribution in [0.5, 0.6) is 0 Å². The van der Waals surface area contributed by atoms with Gasteiger partial charge >= 0.3 is 0 Å². The normalized spacial score (nSPS) is 19.0. The molecule has 1 aliphatic heterocycles. The van der Waals surface area contributed by atoms with Crippen molar-refractivity contribution in [2.75, 3.05) is 20.2 Å². The Labute approximate surface area is 99.6 Å². The molecule has 0 bridgehead atoms. The second-order valence-electron chi connectivity index (χ2n) is 3.79. The van der Waals surface area contributed by atoms with Crippen molar-refractivity contribution in [2.24, 2.45) is 0 Å². The van der Waals surface area contributed by atoms with E-state index in [1.807, 2.05) is 6.20 Å². The zero-order valence-electron chi connectivity index (χ0n) is 9.33. The highest BCUT2D eigenvalue weighted by molar-refractivity contribution is 9.12. The van der Waals surface area contributed by atoms with Crippen LogP contribution in [0.4, 0.5) is 0 Å². The Bertz CT molecular complexity index is 253. The number of carbonyl (C=O) groups excluding carboxylic acids is 1. The maximum atomic E-state index is 11.2. The van der Waals surface area contributed by atoms with Crippen molar-refractivity contribution in [3.8, 4) is 0 Å². The molecule has 0 aromatic rings. The van der Waals surface area contributed by atoms with Crippen LogP contribution in [0, 0.1) is 0 Å².